The van der Waals surface area contributed by atoms with Crippen molar-refractivity contribution in [1.82, 2.24) is 10.2 Å². The first-order chi connectivity index (χ1) is 17.0. The fourth-order valence-electron chi connectivity index (χ4n) is 5.66. The first kappa shape index (κ1) is 25.2. The van der Waals surface area contributed by atoms with Crippen LogP contribution >= 0.6 is 0 Å². The number of nitrogens with zero attached hydrogens (tertiary/aromatic N) is 1. The van der Waals surface area contributed by atoms with E-state index < -0.39 is 11.9 Å². The summed E-state index contributed by atoms with van der Waals surface area (Å²) in [5, 5.41) is 9.33. The summed E-state index contributed by atoms with van der Waals surface area (Å²) in [5.41, 5.74) is 1.77. The Kier molecular flexibility index (Phi) is 8.39. The number of fused-ring (bicyclic) bond motifs is 2. The molecule has 2 aliphatic carbocycles. The average molecular weight is 481 g/mol. The quantitative estimate of drug-likeness (QED) is 0.404. The average Bonchev–Trinajstić information content (AvgIpc) is 3.50. The Morgan fingerprint density at radius 1 is 1.03 bits per heavy atom. The van der Waals surface area contributed by atoms with E-state index in [0.717, 1.165) is 24.8 Å². The van der Waals surface area contributed by atoms with E-state index >= 15 is 0 Å². The van der Waals surface area contributed by atoms with E-state index in [4.69, 9.17) is 0 Å². The lowest BCUT2D eigenvalue weighted by Gasteiger charge is -2.26. The molecule has 2 bridgehead atoms. The molecule has 0 aliphatic heterocycles. The molecule has 2 aliphatic rings. The molecule has 4 rings (SSSR count). The standard InChI is InChI=1S/C28H37FN4O2/c1-3-33(4-2)28(35)26(20-8-6-5-7-9-20)31-15-14-30-25-13-12-22(18-24(25)29)32-27(34)23-17-19-10-11-21(23)16-19/h5-9,12-13,18-19,21,23,26,30-31H,3-4,10-11,14-17H2,1-2H3,(H,32,34). The maximum atomic E-state index is 14.7. The summed E-state index contributed by atoms with van der Waals surface area (Å²) >= 11 is 0. The molecule has 6 nitrogen and oxygen atoms in total. The molecule has 0 radical (unpaired) electrons. The molecule has 2 aromatic rings. The molecule has 2 fully saturated rings. The number of likely N-dealkylation sites (N-methyl/N-ethyl adjacent to an activating group) is 1. The number of amides is 2. The molecule has 0 saturated heterocycles. The lowest BCUT2D eigenvalue weighted by atomic mass is 9.88. The van der Waals surface area contributed by atoms with E-state index in [1.54, 1.807) is 12.1 Å². The number of nitrogens with one attached hydrogen (secondary N) is 3. The van der Waals surface area contributed by atoms with Crippen LogP contribution in [0, 0.1) is 23.6 Å². The minimum Gasteiger partial charge on any atom is -0.381 e. The number of benzene rings is 2. The summed E-state index contributed by atoms with van der Waals surface area (Å²) in [4.78, 5) is 27.5. The van der Waals surface area contributed by atoms with Crippen molar-refractivity contribution in [2.75, 3.05) is 36.8 Å². The molecule has 7 heteroatoms. The van der Waals surface area contributed by atoms with Crippen LogP contribution in [0.15, 0.2) is 48.5 Å². The van der Waals surface area contributed by atoms with Crippen LogP contribution in [-0.4, -0.2) is 42.9 Å². The minimum atomic E-state index is -0.453. The fourth-order valence-corrected chi connectivity index (χ4v) is 5.66. The Morgan fingerprint density at radius 2 is 1.80 bits per heavy atom. The third kappa shape index (κ3) is 6.01. The van der Waals surface area contributed by atoms with E-state index in [1.165, 1.54) is 12.5 Å². The Hall–Kier alpha value is -2.93. The lowest BCUT2D eigenvalue weighted by Crippen LogP contribution is -2.42. The summed E-state index contributed by atoms with van der Waals surface area (Å²) in [5.74, 6) is 0.893. The van der Waals surface area contributed by atoms with Crippen LogP contribution in [0.2, 0.25) is 0 Å². The van der Waals surface area contributed by atoms with Crippen LogP contribution in [0.1, 0.15) is 51.1 Å². The molecule has 2 aromatic carbocycles. The highest BCUT2D eigenvalue weighted by atomic mass is 19.1. The zero-order valence-corrected chi connectivity index (χ0v) is 20.7. The molecule has 2 amide bonds. The van der Waals surface area contributed by atoms with Crippen LogP contribution < -0.4 is 16.0 Å². The van der Waals surface area contributed by atoms with Gasteiger partial charge in [-0.05, 0) is 68.7 Å². The van der Waals surface area contributed by atoms with Gasteiger partial charge in [-0.3, -0.25) is 9.59 Å². The zero-order valence-electron chi connectivity index (χ0n) is 20.7. The Bertz CT molecular complexity index is 1010. The smallest absolute Gasteiger partial charge is 0.244 e. The topological polar surface area (TPSA) is 73.5 Å². The second-order valence-electron chi connectivity index (χ2n) is 9.70. The largest absolute Gasteiger partial charge is 0.381 e. The van der Waals surface area contributed by atoms with Crippen molar-refractivity contribution in [3.05, 3.63) is 59.9 Å². The third-order valence-corrected chi connectivity index (χ3v) is 7.56. The second kappa shape index (κ2) is 11.7. The van der Waals surface area contributed by atoms with Gasteiger partial charge in [0, 0.05) is 37.8 Å². The number of hydrogen-bond donors (Lipinski definition) is 3. The lowest BCUT2D eigenvalue weighted by molar-refractivity contribution is -0.133. The zero-order chi connectivity index (χ0) is 24.8. The van der Waals surface area contributed by atoms with Gasteiger partial charge in [0.25, 0.3) is 0 Å². The van der Waals surface area contributed by atoms with Gasteiger partial charge in [-0.2, -0.15) is 0 Å². The van der Waals surface area contributed by atoms with Crippen molar-refractivity contribution in [3.8, 4) is 0 Å². The van der Waals surface area contributed by atoms with Crippen molar-refractivity contribution in [1.29, 1.82) is 0 Å². The van der Waals surface area contributed by atoms with Gasteiger partial charge in [0.15, 0.2) is 0 Å². The van der Waals surface area contributed by atoms with Gasteiger partial charge in [-0.15, -0.1) is 0 Å². The molecule has 4 unspecified atom stereocenters. The molecule has 0 spiro atoms. The first-order valence-electron chi connectivity index (χ1n) is 12.9. The Morgan fingerprint density at radius 3 is 2.43 bits per heavy atom. The molecule has 2 saturated carbocycles. The molecule has 0 heterocycles. The van der Waals surface area contributed by atoms with Crippen LogP contribution in [0.4, 0.5) is 15.8 Å². The van der Waals surface area contributed by atoms with Crippen LogP contribution in [-0.2, 0) is 9.59 Å². The van der Waals surface area contributed by atoms with Crippen molar-refractivity contribution in [3.63, 3.8) is 0 Å². The SMILES string of the molecule is CCN(CC)C(=O)C(NCCNc1ccc(NC(=O)C2CC3CCC2C3)cc1F)c1ccccc1. The molecule has 0 aromatic heterocycles. The maximum absolute atomic E-state index is 14.7. The van der Waals surface area contributed by atoms with Crippen LogP contribution in [0.3, 0.4) is 0 Å². The van der Waals surface area contributed by atoms with E-state index in [2.05, 4.69) is 16.0 Å². The molecule has 188 valence electrons. The number of rotatable bonds is 11. The number of carbonyl (C=O) groups excluding carboxylic acids is 2. The van der Waals surface area contributed by atoms with E-state index in [-0.39, 0.29) is 17.7 Å². The molecule has 4 atom stereocenters. The number of anilines is 2. The van der Waals surface area contributed by atoms with Crippen LogP contribution in [0.5, 0.6) is 0 Å². The third-order valence-electron chi connectivity index (χ3n) is 7.56. The van der Waals surface area contributed by atoms with Gasteiger partial charge < -0.3 is 20.9 Å². The van der Waals surface area contributed by atoms with Crippen molar-refractivity contribution < 1.29 is 14.0 Å². The fraction of sp³-hybridized carbons (Fsp3) is 0.500. The molecule has 3 N–H and O–H groups in total. The van der Waals surface area contributed by atoms with Crippen molar-refractivity contribution in [2.24, 2.45) is 17.8 Å². The highest BCUT2D eigenvalue weighted by Crippen LogP contribution is 2.48. The summed E-state index contributed by atoms with van der Waals surface area (Å²) in [7, 11) is 0. The van der Waals surface area contributed by atoms with E-state index in [1.807, 2.05) is 49.1 Å². The number of hydrogen-bond acceptors (Lipinski definition) is 4. The predicted octanol–water partition coefficient (Wildman–Crippen LogP) is 4.81. The van der Waals surface area contributed by atoms with Gasteiger partial charge in [0.05, 0.1) is 5.69 Å². The Balaban J connectivity index is 1.30. The van der Waals surface area contributed by atoms with Crippen molar-refractivity contribution >= 4 is 23.2 Å². The molecular weight excluding hydrogens is 443 g/mol. The summed E-state index contributed by atoms with van der Waals surface area (Å²) in [6.45, 7) is 6.16. The molecular formula is C28H37FN4O2. The highest BCUT2D eigenvalue weighted by molar-refractivity contribution is 5.93. The van der Waals surface area contributed by atoms with Gasteiger partial charge >= 0.3 is 0 Å². The van der Waals surface area contributed by atoms with E-state index in [0.29, 0.717) is 49.4 Å². The summed E-state index contributed by atoms with van der Waals surface area (Å²) in [6.07, 6.45) is 4.51. The number of carbonyl (C=O) groups is 2. The summed E-state index contributed by atoms with van der Waals surface area (Å²) in [6, 6.07) is 14.0. The van der Waals surface area contributed by atoms with Crippen molar-refractivity contribution in [2.45, 2.75) is 45.6 Å². The monoisotopic (exact) mass is 480 g/mol. The minimum absolute atomic E-state index is 0.0198. The highest BCUT2D eigenvalue weighted by Gasteiger charge is 2.43. The van der Waals surface area contributed by atoms with Gasteiger partial charge in [0.2, 0.25) is 11.8 Å². The predicted molar refractivity (Wildman–Crippen MR) is 138 cm³/mol. The van der Waals surface area contributed by atoms with Gasteiger partial charge in [0.1, 0.15) is 11.9 Å². The number of halogens is 1. The normalized spacial score (nSPS) is 21.5. The molecule has 35 heavy (non-hydrogen) atoms. The Labute approximate surface area is 207 Å². The van der Waals surface area contributed by atoms with E-state index in [9.17, 15) is 14.0 Å². The summed E-state index contributed by atoms with van der Waals surface area (Å²) < 4.78 is 14.7. The first-order valence-corrected chi connectivity index (χ1v) is 12.9. The van der Waals surface area contributed by atoms with Gasteiger partial charge in [-0.25, -0.2) is 4.39 Å². The second-order valence-corrected chi connectivity index (χ2v) is 9.70. The van der Waals surface area contributed by atoms with Gasteiger partial charge in [-0.1, -0.05) is 36.8 Å². The maximum Gasteiger partial charge on any atom is 0.244 e. The van der Waals surface area contributed by atoms with Crippen LogP contribution in [0.25, 0.3) is 0 Å².